The molecule has 2 bridgehead atoms. The zero-order chi connectivity index (χ0) is 34.6. The number of anilines is 1. The van der Waals surface area contributed by atoms with Crippen LogP contribution >= 0.6 is 0 Å². The van der Waals surface area contributed by atoms with Gasteiger partial charge in [0.2, 0.25) is 11.8 Å². The second-order valence-corrected chi connectivity index (χ2v) is 12.8. The summed E-state index contributed by atoms with van der Waals surface area (Å²) in [5.74, 6) is -1.06. The molecule has 7 heteroatoms. The Hall–Kier alpha value is -5.95. The number of fused-ring (bicyclic) bond motifs is 5. The van der Waals surface area contributed by atoms with Crippen molar-refractivity contribution in [2.75, 3.05) is 25.7 Å². The first-order valence-electron chi connectivity index (χ1n) is 16.7. The Labute approximate surface area is 290 Å². The van der Waals surface area contributed by atoms with E-state index in [1.807, 2.05) is 116 Å². The molecule has 2 amide bonds. The number of hydrogen-bond acceptors (Lipinski definition) is 6. The van der Waals surface area contributed by atoms with Crippen LogP contribution in [0.15, 0.2) is 133 Å². The van der Waals surface area contributed by atoms with Crippen molar-refractivity contribution in [3.05, 3.63) is 156 Å². The quantitative estimate of drug-likeness (QED) is 0.154. The van der Waals surface area contributed by atoms with Gasteiger partial charge >= 0.3 is 0 Å². The number of ether oxygens (including phenoxy) is 3. The molecule has 5 aromatic rings. The summed E-state index contributed by atoms with van der Waals surface area (Å²) in [6.45, 7) is 2.38. The predicted octanol–water partition coefficient (Wildman–Crippen LogP) is 7.29. The number of allylic oxidation sites excluding steroid dienone is 2. The van der Waals surface area contributed by atoms with Gasteiger partial charge in [-0.2, -0.15) is 0 Å². The van der Waals surface area contributed by atoms with Crippen LogP contribution in [0.3, 0.4) is 0 Å². The molecule has 0 N–H and O–H groups in total. The minimum atomic E-state index is -1.50. The summed E-state index contributed by atoms with van der Waals surface area (Å²) in [6, 6.07) is 41.2. The molecule has 7 nitrogen and oxygen atoms in total. The van der Waals surface area contributed by atoms with Crippen LogP contribution < -0.4 is 19.1 Å². The van der Waals surface area contributed by atoms with E-state index in [4.69, 9.17) is 14.2 Å². The van der Waals surface area contributed by atoms with E-state index in [0.29, 0.717) is 51.8 Å². The molecule has 5 aromatic carbocycles. The van der Waals surface area contributed by atoms with Crippen molar-refractivity contribution in [3.63, 3.8) is 0 Å². The molecule has 4 atom stereocenters. The second-order valence-electron chi connectivity index (χ2n) is 12.8. The average Bonchev–Trinajstić information content (AvgIpc) is 3.68. The number of ketones is 1. The molecule has 0 spiro atoms. The first-order chi connectivity index (χ1) is 24.4. The second kappa shape index (κ2) is 11.9. The highest BCUT2D eigenvalue weighted by atomic mass is 16.5. The molecule has 1 aliphatic heterocycles. The molecule has 0 aromatic heterocycles. The maximum absolute atomic E-state index is 16.1. The lowest BCUT2D eigenvalue weighted by atomic mass is 9.59. The highest BCUT2D eigenvalue weighted by Gasteiger charge is 2.82. The molecular formula is C43H35NO6. The van der Waals surface area contributed by atoms with E-state index in [9.17, 15) is 0 Å². The third kappa shape index (κ3) is 4.13. The van der Waals surface area contributed by atoms with Crippen LogP contribution in [0, 0.1) is 11.8 Å². The Morgan fingerprint density at radius 3 is 1.32 bits per heavy atom. The van der Waals surface area contributed by atoms with E-state index in [1.54, 1.807) is 38.5 Å². The van der Waals surface area contributed by atoms with Gasteiger partial charge in [-0.3, -0.25) is 14.4 Å². The number of nitrogens with zero attached hydrogens (tertiary/aromatic N) is 1. The van der Waals surface area contributed by atoms with Crippen LogP contribution in [0.4, 0.5) is 5.69 Å². The Morgan fingerprint density at radius 2 is 0.940 bits per heavy atom. The molecule has 0 radical (unpaired) electrons. The van der Waals surface area contributed by atoms with Crippen molar-refractivity contribution in [2.24, 2.45) is 11.8 Å². The number of methoxy groups -OCH3 is 2. The van der Waals surface area contributed by atoms with Gasteiger partial charge in [-0.25, -0.2) is 4.90 Å². The fraction of sp³-hybridized carbons (Fsp3) is 0.186. The summed E-state index contributed by atoms with van der Waals surface area (Å²) < 4.78 is 16.7. The minimum Gasteiger partial charge on any atom is -0.497 e. The van der Waals surface area contributed by atoms with E-state index in [-0.39, 0.29) is 5.78 Å². The fourth-order valence-corrected chi connectivity index (χ4v) is 8.75. The molecule has 1 heterocycles. The van der Waals surface area contributed by atoms with Gasteiger partial charge < -0.3 is 14.2 Å². The third-order valence-corrected chi connectivity index (χ3v) is 10.6. The standard InChI is InChI=1S/C43H35NO6/c1-4-50-34-25-19-31(20-26-34)44-39(45)37-38(40(44)46)43(30-13-9-6-10-14-30)36(28-17-23-33(49-3)24-18-28)35(27-15-21-32(48-2)22-16-27)42(37,41(43)47)29-11-7-5-8-12-29/h5-26,37-38H,4H2,1-3H3/t37-,38-,42+,43+/m1/s1. The van der Waals surface area contributed by atoms with E-state index in [1.165, 1.54) is 4.90 Å². The van der Waals surface area contributed by atoms with E-state index in [2.05, 4.69) is 0 Å². The van der Waals surface area contributed by atoms with Crippen LogP contribution in [0.1, 0.15) is 29.2 Å². The molecule has 3 aliphatic rings. The van der Waals surface area contributed by atoms with Crippen molar-refractivity contribution >= 4 is 34.4 Å². The summed E-state index contributed by atoms with van der Waals surface area (Å²) in [5, 5.41) is 0. The summed E-state index contributed by atoms with van der Waals surface area (Å²) in [7, 11) is 3.22. The van der Waals surface area contributed by atoms with Crippen LogP contribution in [-0.4, -0.2) is 38.4 Å². The summed E-state index contributed by atoms with van der Waals surface area (Å²) in [6.07, 6.45) is 0. The van der Waals surface area contributed by atoms with Crippen LogP contribution in [0.25, 0.3) is 11.1 Å². The zero-order valence-corrected chi connectivity index (χ0v) is 28.0. The number of Topliss-reactive ketones (excluding diaryl/α,β-unsaturated/α-hetero) is 1. The van der Waals surface area contributed by atoms with Crippen molar-refractivity contribution in [1.29, 1.82) is 0 Å². The number of hydrogen-bond donors (Lipinski definition) is 0. The molecule has 1 saturated heterocycles. The highest BCUT2D eigenvalue weighted by molar-refractivity contribution is 6.39. The Morgan fingerprint density at radius 1 is 0.540 bits per heavy atom. The van der Waals surface area contributed by atoms with Gasteiger partial charge in [0.15, 0.2) is 5.78 Å². The molecule has 0 unspecified atom stereocenters. The average molecular weight is 662 g/mol. The Bertz CT molecular complexity index is 2010. The first kappa shape index (κ1) is 31.3. The molecule has 50 heavy (non-hydrogen) atoms. The van der Waals surface area contributed by atoms with Gasteiger partial charge in [0, 0.05) is 0 Å². The number of carbonyl (C=O) groups is 3. The molecule has 2 aliphatic carbocycles. The fourth-order valence-electron chi connectivity index (χ4n) is 8.75. The number of imide groups is 1. The van der Waals surface area contributed by atoms with E-state index >= 15 is 14.4 Å². The number of rotatable bonds is 9. The Kier molecular flexibility index (Phi) is 7.44. The monoisotopic (exact) mass is 661 g/mol. The third-order valence-electron chi connectivity index (χ3n) is 10.6. The van der Waals surface area contributed by atoms with Gasteiger partial charge in [-0.15, -0.1) is 0 Å². The number of amides is 2. The van der Waals surface area contributed by atoms with Crippen molar-refractivity contribution in [1.82, 2.24) is 0 Å². The Balaban J connectivity index is 1.50. The van der Waals surface area contributed by atoms with E-state index in [0.717, 1.165) is 11.1 Å². The SMILES string of the molecule is CCOc1ccc(N2C(=O)[C@H]3[C@H](C2=O)[C@@]2(c4ccccc4)C(=O)[C@@]3(c3ccccc3)C(c3ccc(OC)cc3)=C2c2ccc(OC)cc2)cc1. The lowest BCUT2D eigenvalue weighted by Crippen LogP contribution is -2.45. The van der Waals surface area contributed by atoms with E-state index < -0.39 is 34.5 Å². The van der Waals surface area contributed by atoms with Crippen LogP contribution in [0.5, 0.6) is 17.2 Å². The summed E-state index contributed by atoms with van der Waals surface area (Å²) in [4.78, 5) is 47.7. The van der Waals surface area contributed by atoms with Gasteiger partial charge in [-0.1, -0.05) is 84.9 Å². The molecule has 248 valence electrons. The first-order valence-corrected chi connectivity index (χ1v) is 16.7. The van der Waals surface area contributed by atoms with Gasteiger partial charge in [0.05, 0.1) is 49.2 Å². The highest BCUT2D eigenvalue weighted by Crippen LogP contribution is 2.74. The zero-order valence-electron chi connectivity index (χ0n) is 28.0. The topological polar surface area (TPSA) is 82.1 Å². The largest absolute Gasteiger partial charge is 0.497 e. The number of benzene rings is 5. The van der Waals surface area contributed by atoms with Crippen LogP contribution in [0.2, 0.25) is 0 Å². The van der Waals surface area contributed by atoms with Crippen LogP contribution in [-0.2, 0) is 25.2 Å². The maximum atomic E-state index is 16.1. The summed E-state index contributed by atoms with van der Waals surface area (Å²) in [5.41, 5.74) is 1.73. The normalized spacial score (nSPS) is 23.7. The molecular weight excluding hydrogens is 626 g/mol. The molecule has 2 fully saturated rings. The predicted molar refractivity (Wildman–Crippen MR) is 191 cm³/mol. The lowest BCUT2D eigenvalue weighted by Gasteiger charge is -2.39. The minimum absolute atomic E-state index is 0.179. The smallest absolute Gasteiger partial charge is 0.239 e. The van der Waals surface area contributed by atoms with Crippen molar-refractivity contribution < 1.29 is 28.6 Å². The van der Waals surface area contributed by atoms with Gasteiger partial charge in [0.25, 0.3) is 0 Å². The van der Waals surface area contributed by atoms with Crippen molar-refractivity contribution in [3.8, 4) is 17.2 Å². The molecule has 1 saturated carbocycles. The van der Waals surface area contributed by atoms with Gasteiger partial charge in [-0.05, 0) is 88.9 Å². The lowest BCUT2D eigenvalue weighted by molar-refractivity contribution is -0.130. The molecule has 8 rings (SSSR count). The van der Waals surface area contributed by atoms with Gasteiger partial charge in [0.1, 0.15) is 17.2 Å². The summed E-state index contributed by atoms with van der Waals surface area (Å²) >= 11 is 0. The maximum Gasteiger partial charge on any atom is 0.239 e. The number of carbonyl (C=O) groups excluding carboxylic acids is 3. The van der Waals surface area contributed by atoms with Crippen molar-refractivity contribution in [2.45, 2.75) is 17.8 Å².